The molecule has 26 heavy (non-hydrogen) atoms. The first kappa shape index (κ1) is 22.1. The summed E-state index contributed by atoms with van der Waals surface area (Å²) in [5.74, 6) is -6.67. The zero-order valence-electron chi connectivity index (χ0n) is 14.2. The normalized spacial score (nSPS) is 13.5. The Kier molecular flexibility index (Phi) is 8.26. The smallest absolute Gasteiger partial charge is 0.457 e. The lowest BCUT2D eigenvalue weighted by atomic mass is 10.0. The molecule has 0 amide bonds. The number of carbonyl (C=O) groups is 1. The van der Waals surface area contributed by atoms with Gasteiger partial charge in [0.25, 0.3) is 0 Å². The van der Waals surface area contributed by atoms with Crippen LogP contribution in [0, 0.1) is 0 Å². The van der Waals surface area contributed by atoms with Crippen molar-refractivity contribution in [3.05, 3.63) is 29.8 Å². The minimum atomic E-state index is -5.84. The summed E-state index contributed by atoms with van der Waals surface area (Å²) in [4.78, 5) is 11.9. The molecule has 1 N–H and O–H groups in total. The van der Waals surface area contributed by atoms with Crippen LogP contribution >= 0.6 is 0 Å². The van der Waals surface area contributed by atoms with E-state index in [2.05, 4.69) is 4.74 Å². The van der Waals surface area contributed by atoms with Gasteiger partial charge in [-0.2, -0.15) is 22.0 Å². The predicted molar refractivity (Wildman–Crippen MR) is 83.3 cm³/mol. The molecule has 0 aliphatic heterocycles. The molecule has 148 valence electrons. The molecule has 1 aromatic carbocycles. The second kappa shape index (κ2) is 9.70. The Balaban J connectivity index is 2.77. The van der Waals surface area contributed by atoms with Crippen LogP contribution in [-0.4, -0.2) is 42.5 Å². The number of hydrogen-bond acceptors (Lipinski definition) is 4. The maximum Gasteiger partial charge on any atom is 0.457 e. The van der Waals surface area contributed by atoms with Gasteiger partial charge >= 0.3 is 18.1 Å². The van der Waals surface area contributed by atoms with Crippen LogP contribution in [0.25, 0.3) is 0 Å². The SMILES string of the molecule is CCOCCCCCC(OC(=O)c1ccc(O)cc1)C(F)(F)C(F)(F)F. The summed E-state index contributed by atoms with van der Waals surface area (Å²) in [6.45, 7) is 2.64. The van der Waals surface area contributed by atoms with E-state index in [-0.39, 0.29) is 17.7 Å². The first-order valence-electron chi connectivity index (χ1n) is 8.12. The zero-order chi connectivity index (χ0) is 19.8. The molecule has 0 aliphatic rings. The number of ether oxygens (including phenoxy) is 2. The van der Waals surface area contributed by atoms with Gasteiger partial charge in [0.2, 0.25) is 0 Å². The molecule has 0 saturated heterocycles. The molecule has 1 unspecified atom stereocenters. The van der Waals surface area contributed by atoms with Gasteiger partial charge in [0.05, 0.1) is 5.56 Å². The number of halogens is 5. The molecule has 0 fully saturated rings. The van der Waals surface area contributed by atoms with E-state index in [0.717, 1.165) is 24.3 Å². The molecule has 0 spiro atoms. The molecule has 0 radical (unpaired) electrons. The first-order chi connectivity index (χ1) is 12.1. The van der Waals surface area contributed by atoms with E-state index in [1.165, 1.54) is 0 Å². The van der Waals surface area contributed by atoms with Gasteiger partial charge in [-0.25, -0.2) is 4.79 Å². The molecule has 0 saturated carbocycles. The fourth-order valence-electron chi connectivity index (χ4n) is 2.15. The topological polar surface area (TPSA) is 55.8 Å². The quantitative estimate of drug-likeness (QED) is 0.361. The van der Waals surface area contributed by atoms with Crippen molar-refractivity contribution in [2.75, 3.05) is 13.2 Å². The third-order valence-corrected chi connectivity index (χ3v) is 3.59. The first-order valence-corrected chi connectivity index (χ1v) is 8.12. The average molecular weight is 384 g/mol. The number of unbranched alkanes of at least 4 members (excludes halogenated alkanes) is 2. The fraction of sp³-hybridized carbons (Fsp3) is 0.588. The van der Waals surface area contributed by atoms with Crippen LogP contribution < -0.4 is 0 Å². The highest BCUT2D eigenvalue weighted by molar-refractivity contribution is 5.89. The Morgan fingerprint density at radius 1 is 1.08 bits per heavy atom. The lowest BCUT2D eigenvalue weighted by Gasteiger charge is -2.28. The highest BCUT2D eigenvalue weighted by Crippen LogP contribution is 2.41. The lowest BCUT2D eigenvalue weighted by molar-refractivity contribution is -0.312. The van der Waals surface area contributed by atoms with Gasteiger partial charge < -0.3 is 14.6 Å². The van der Waals surface area contributed by atoms with Gasteiger partial charge in [-0.1, -0.05) is 6.42 Å². The maximum atomic E-state index is 13.7. The van der Waals surface area contributed by atoms with Crippen molar-refractivity contribution in [1.82, 2.24) is 0 Å². The Labute approximate surface area is 147 Å². The molecule has 0 heterocycles. The van der Waals surface area contributed by atoms with Crippen LogP contribution in [0.5, 0.6) is 5.75 Å². The monoisotopic (exact) mass is 384 g/mol. The van der Waals surface area contributed by atoms with Crippen molar-refractivity contribution < 1.29 is 41.3 Å². The average Bonchev–Trinajstić information content (AvgIpc) is 2.56. The fourth-order valence-corrected chi connectivity index (χ4v) is 2.15. The standard InChI is InChI=1S/C17H21F5O4/c1-2-25-11-5-3-4-6-14(16(18,19)17(20,21)22)26-15(24)12-7-9-13(23)10-8-12/h7-10,14,23H,2-6,11H2,1H3. The van der Waals surface area contributed by atoms with Gasteiger partial charge in [-0.05, 0) is 50.5 Å². The summed E-state index contributed by atoms with van der Waals surface area (Å²) in [7, 11) is 0. The van der Waals surface area contributed by atoms with Crippen molar-refractivity contribution in [2.24, 2.45) is 0 Å². The largest absolute Gasteiger partial charge is 0.508 e. The number of aromatic hydroxyl groups is 1. The molecule has 9 heteroatoms. The van der Waals surface area contributed by atoms with Crippen LogP contribution in [0.15, 0.2) is 24.3 Å². The lowest BCUT2D eigenvalue weighted by Crippen LogP contribution is -2.49. The van der Waals surface area contributed by atoms with Gasteiger partial charge in [-0.15, -0.1) is 0 Å². The van der Waals surface area contributed by atoms with E-state index in [1.807, 2.05) is 0 Å². The molecule has 0 bridgehead atoms. The Morgan fingerprint density at radius 2 is 1.69 bits per heavy atom. The Hall–Kier alpha value is -1.90. The van der Waals surface area contributed by atoms with E-state index in [0.29, 0.717) is 26.1 Å². The van der Waals surface area contributed by atoms with Crippen LogP contribution in [0.2, 0.25) is 0 Å². The van der Waals surface area contributed by atoms with E-state index in [1.54, 1.807) is 6.92 Å². The van der Waals surface area contributed by atoms with Gasteiger partial charge in [0.15, 0.2) is 6.10 Å². The summed E-state index contributed by atoms with van der Waals surface area (Å²) < 4.78 is 74.9. The number of benzene rings is 1. The number of carbonyl (C=O) groups excluding carboxylic acids is 1. The summed E-state index contributed by atoms with van der Waals surface area (Å²) in [5.41, 5.74) is -0.234. The van der Waals surface area contributed by atoms with E-state index in [4.69, 9.17) is 9.84 Å². The molecule has 0 aliphatic carbocycles. The number of phenols is 1. The van der Waals surface area contributed by atoms with Gasteiger partial charge in [-0.3, -0.25) is 0 Å². The number of esters is 1. The minimum Gasteiger partial charge on any atom is -0.508 e. The van der Waals surface area contributed by atoms with Crippen LogP contribution in [0.1, 0.15) is 43.0 Å². The molecule has 4 nitrogen and oxygen atoms in total. The van der Waals surface area contributed by atoms with Crippen LogP contribution in [-0.2, 0) is 9.47 Å². The molecule has 1 atom stereocenters. The van der Waals surface area contributed by atoms with Crippen LogP contribution in [0.4, 0.5) is 22.0 Å². The van der Waals surface area contributed by atoms with Gasteiger partial charge in [0.1, 0.15) is 5.75 Å². The molecule has 1 rings (SSSR count). The summed E-state index contributed by atoms with van der Waals surface area (Å²) in [5, 5.41) is 9.13. The van der Waals surface area contributed by atoms with E-state index in [9.17, 15) is 26.7 Å². The Morgan fingerprint density at radius 3 is 2.23 bits per heavy atom. The van der Waals surface area contributed by atoms with E-state index < -0.39 is 30.6 Å². The summed E-state index contributed by atoms with van der Waals surface area (Å²) >= 11 is 0. The van der Waals surface area contributed by atoms with Crippen LogP contribution in [0.3, 0.4) is 0 Å². The molecule has 1 aromatic rings. The van der Waals surface area contributed by atoms with Crippen molar-refractivity contribution in [2.45, 2.75) is 50.8 Å². The number of hydrogen-bond donors (Lipinski definition) is 1. The van der Waals surface area contributed by atoms with E-state index >= 15 is 0 Å². The summed E-state index contributed by atoms with van der Waals surface area (Å²) in [6.07, 6.45) is -8.21. The number of phenolic OH excluding ortho intramolecular Hbond substituents is 1. The molecule has 0 aromatic heterocycles. The highest BCUT2D eigenvalue weighted by atomic mass is 19.4. The highest BCUT2D eigenvalue weighted by Gasteiger charge is 2.63. The maximum absolute atomic E-state index is 13.7. The second-order valence-corrected chi connectivity index (χ2v) is 5.61. The zero-order valence-corrected chi connectivity index (χ0v) is 14.2. The van der Waals surface area contributed by atoms with Crippen molar-refractivity contribution >= 4 is 5.97 Å². The van der Waals surface area contributed by atoms with Crippen molar-refractivity contribution in [3.8, 4) is 5.75 Å². The molecular weight excluding hydrogens is 363 g/mol. The Bertz CT molecular complexity index is 557. The van der Waals surface area contributed by atoms with Crippen molar-refractivity contribution in [3.63, 3.8) is 0 Å². The molecular formula is C17H21F5O4. The third-order valence-electron chi connectivity index (χ3n) is 3.59. The third kappa shape index (κ3) is 6.44. The van der Waals surface area contributed by atoms with Crippen molar-refractivity contribution in [1.29, 1.82) is 0 Å². The minimum absolute atomic E-state index is 0.0201. The predicted octanol–water partition coefficient (Wildman–Crippen LogP) is 4.71. The van der Waals surface area contributed by atoms with Gasteiger partial charge in [0, 0.05) is 13.2 Å². The number of alkyl halides is 5. The summed E-state index contributed by atoms with van der Waals surface area (Å²) in [6, 6.07) is 4.34. The number of rotatable bonds is 10. The second-order valence-electron chi connectivity index (χ2n) is 5.61.